The molecule has 1 nitrogen and oxygen atoms in total. The quantitative estimate of drug-likeness (QED) is 0.632. The van der Waals surface area contributed by atoms with Gasteiger partial charge in [-0.1, -0.05) is 39.5 Å². The highest BCUT2D eigenvalue weighted by atomic mass is 79.9. The first-order valence-corrected chi connectivity index (χ1v) is 8.39. The van der Waals surface area contributed by atoms with E-state index in [4.69, 9.17) is 0 Å². The molecule has 17 heavy (non-hydrogen) atoms. The normalized spacial score (nSPS) is 12.9. The van der Waals surface area contributed by atoms with Crippen molar-refractivity contribution in [1.82, 2.24) is 5.32 Å². The molecule has 3 heteroatoms. The van der Waals surface area contributed by atoms with Crippen molar-refractivity contribution in [2.24, 2.45) is 0 Å². The molecule has 0 saturated carbocycles. The summed E-state index contributed by atoms with van der Waals surface area (Å²) in [6, 6.07) is 2.91. The molecular formula is C14H24BrNS. The van der Waals surface area contributed by atoms with Crippen LogP contribution in [-0.2, 0) is 6.42 Å². The van der Waals surface area contributed by atoms with E-state index >= 15 is 0 Å². The molecule has 1 atom stereocenters. The Morgan fingerprint density at radius 2 is 2.12 bits per heavy atom. The average Bonchev–Trinajstić information content (AvgIpc) is 2.70. The molecule has 1 rings (SSSR count). The molecule has 1 heterocycles. The summed E-state index contributed by atoms with van der Waals surface area (Å²) in [5, 5.41) is 5.78. The summed E-state index contributed by atoms with van der Waals surface area (Å²) in [6.07, 6.45) is 7.93. The molecule has 98 valence electrons. The van der Waals surface area contributed by atoms with E-state index in [0.29, 0.717) is 6.04 Å². The SMILES string of the molecule is CCCCCCC(Cc1cc(Br)cs1)NCC. The fourth-order valence-corrected chi connectivity index (χ4v) is 3.62. The molecule has 1 N–H and O–H groups in total. The van der Waals surface area contributed by atoms with Crippen molar-refractivity contribution in [3.63, 3.8) is 0 Å². The minimum atomic E-state index is 0.655. The molecule has 0 aliphatic rings. The van der Waals surface area contributed by atoms with Crippen molar-refractivity contribution in [3.8, 4) is 0 Å². The Morgan fingerprint density at radius 3 is 2.71 bits per heavy atom. The zero-order valence-corrected chi connectivity index (χ0v) is 13.4. The third-order valence-electron chi connectivity index (χ3n) is 2.97. The lowest BCUT2D eigenvalue weighted by atomic mass is 10.0. The molecule has 0 amide bonds. The van der Waals surface area contributed by atoms with Gasteiger partial charge in [0.05, 0.1) is 0 Å². The molecule has 0 aliphatic carbocycles. The van der Waals surface area contributed by atoms with Crippen LogP contribution in [0.5, 0.6) is 0 Å². The smallest absolute Gasteiger partial charge is 0.0285 e. The van der Waals surface area contributed by atoms with E-state index in [1.165, 1.54) is 47.9 Å². The maximum absolute atomic E-state index is 3.61. The van der Waals surface area contributed by atoms with Gasteiger partial charge in [-0.2, -0.15) is 0 Å². The van der Waals surface area contributed by atoms with E-state index < -0.39 is 0 Å². The second-order valence-electron chi connectivity index (χ2n) is 4.54. The molecule has 0 aromatic carbocycles. The predicted octanol–water partition coefficient (Wildman–Crippen LogP) is 5.00. The number of likely N-dealkylation sites (N-methyl/N-ethyl adjacent to an activating group) is 1. The summed E-state index contributed by atoms with van der Waals surface area (Å²) in [4.78, 5) is 1.48. The number of unbranched alkanes of at least 4 members (excludes halogenated alkanes) is 3. The van der Waals surface area contributed by atoms with E-state index in [2.05, 4.69) is 46.5 Å². The van der Waals surface area contributed by atoms with Crippen LogP contribution in [0, 0.1) is 0 Å². The Balaban J connectivity index is 2.32. The topological polar surface area (TPSA) is 12.0 Å². The summed E-state index contributed by atoms with van der Waals surface area (Å²) in [7, 11) is 0. The Hall–Kier alpha value is 0.140. The van der Waals surface area contributed by atoms with Crippen LogP contribution in [0.15, 0.2) is 15.9 Å². The van der Waals surface area contributed by atoms with Crippen LogP contribution < -0.4 is 5.32 Å². The Morgan fingerprint density at radius 1 is 1.29 bits per heavy atom. The van der Waals surface area contributed by atoms with Crippen molar-refractivity contribution in [2.75, 3.05) is 6.54 Å². The summed E-state index contributed by atoms with van der Waals surface area (Å²) in [5.41, 5.74) is 0. The lowest BCUT2D eigenvalue weighted by molar-refractivity contribution is 0.465. The Bertz CT molecular complexity index is 298. The number of hydrogen-bond donors (Lipinski definition) is 1. The zero-order valence-electron chi connectivity index (χ0n) is 11.0. The van der Waals surface area contributed by atoms with Crippen molar-refractivity contribution < 1.29 is 0 Å². The van der Waals surface area contributed by atoms with Crippen LogP contribution in [0.1, 0.15) is 50.8 Å². The van der Waals surface area contributed by atoms with Gasteiger partial charge in [0.2, 0.25) is 0 Å². The van der Waals surface area contributed by atoms with Gasteiger partial charge in [-0.15, -0.1) is 11.3 Å². The van der Waals surface area contributed by atoms with Gasteiger partial charge >= 0.3 is 0 Å². The van der Waals surface area contributed by atoms with Crippen LogP contribution in [-0.4, -0.2) is 12.6 Å². The monoisotopic (exact) mass is 317 g/mol. The van der Waals surface area contributed by atoms with E-state index in [-0.39, 0.29) is 0 Å². The summed E-state index contributed by atoms with van der Waals surface area (Å²) in [5.74, 6) is 0. The fourth-order valence-electron chi connectivity index (χ4n) is 2.09. The van der Waals surface area contributed by atoms with Gasteiger partial charge in [-0.05, 0) is 41.4 Å². The standard InChI is InChI=1S/C14H24BrNS/c1-3-5-6-7-8-13(16-4-2)10-14-9-12(15)11-17-14/h9,11,13,16H,3-8,10H2,1-2H3. The van der Waals surface area contributed by atoms with Gasteiger partial charge in [0.1, 0.15) is 0 Å². The highest BCUT2D eigenvalue weighted by Crippen LogP contribution is 2.22. The fraction of sp³-hybridized carbons (Fsp3) is 0.714. The minimum absolute atomic E-state index is 0.655. The highest BCUT2D eigenvalue weighted by Gasteiger charge is 2.09. The van der Waals surface area contributed by atoms with Gasteiger partial charge in [-0.25, -0.2) is 0 Å². The molecule has 0 fully saturated rings. The minimum Gasteiger partial charge on any atom is -0.314 e. The first-order valence-electron chi connectivity index (χ1n) is 6.72. The van der Waals surface area contributed by atoms with Gasteiger partial charge in [0, 0.05) is 20.8 Å². The molecule has 0 spiro atoms. The predicted molar refractivity (Wildman–Crippen MR) is 81.9 cm³/mol. The van der Waals surface area contributed by atoms with Gasteiger partial charge < -0.3 is 5.32 Å². The maximum Gasteiger partial charge on any atom is 0.0285 e. The van der Waals surface area contributed by atoms with E-state index in [1.807, 2.05) is 11.3 Å². The lowest BCUT2D eigenvalue weighted by Crippen LogP contribution is -2.30. The average molecular weight is 318 g/mol. The first-order chi connectivity index (χ1) is 8.26. The maximum atomic E-state index is 3.61. The summed E-state index contributed by atoms with van der Waals surface area (Å²) >= 11 is 5.38. The van der Waals surface area contributed by atoms with E-state index in [9.17, 15) is 0 Å². The van der Waals surface area contributed by atoms with E-state index in [0.717, 1.165) is 6.54 Å². The number of hydrogen-bond acceptors (Lipinski definition) is 2. The summed E-state index contributed by atoms with van der Waals surface area (Å²) in [6.45, 7) is 5.54. The largest absolute Gasteiger partial charge is 0.314 e. The Labute approximate surface area is 118 Å². The van der Waals surface area contributed by atoms with Crippen molar-refractivity contribution in [3.05, 3.63) is 20.8 Å². The molecular weight excluding hydrogens is 294 g/mol. The molecule has 0 radical (unpaired) electrons. The molecule has 0 bridgehead atoms. The van der Waals surface area contributed by atoms with Gasteiger partial charge in [-0.3, -0.25) is 0 Å². The van der Waals surface area contributed by atoms with Crippen LogP contribution in [0.3, 0.4) is 0 Å². The van der Waals surface area contributed by atoms with Gasteiger partial charge in [0.25, 0.3) is 0 Å². The zero-order chi connectivity index (χ0) is 12.5. The Kier molecular flexibility index (Phi) is 8.15. The van der Waals surface area contributed by atoms with Crippen molar-refractivity contribution in [1.29, 1.82) is 0 Å². The molecule has 1 aromatic rings. The molecule has 0 aliphatic heterocycles. The van der Waals surface area contributed by atoms with Crippen LogP contribution in [0.2, 0.25) is 0 Å². The number of halogens is 1. The molecule has 0 saturated heterocycles. The number of thiophene rings is 1. The summed E-state index contributed by atoms with van der Waals surface area (Å²) < 4.78 is 1.22. The van der Waals surface area contributed by atoms with E-state index in [1.54, 1.807) is 0 Å². The van der Waals surface area contributed by atoms with Crippen LogP contribution in [0.4, 0.5) is 0 Å². The molecule has 1 unspecified atom stereocenters. The highest BCUT2D eigenvalue weighted by molar-refractivity contribution is 9.10. The molecule has 1 aromatic heterocycles. The van der Waals surface area contributed by atoms with Gasteiger partial charge in [0.15, 0.2) is 0 Å². The van der Waals surface area contributed by atoms with Crippen molar-refractivity contribution in [2.45, 2.75) is 58.4 Å². The van der Waals surface area contributed by atoms with Crippen LogP contribution >= 0.6 is 27.3 Å². The second kappa shape index (κ2) is 9.12. The lowest BCUT2D eigenvalue weighted by Gasteiger charge is -2.16. The third-order valence-corrected chi connectivity index (χ3v) is 4.69. The number of nitrogens with one attached hydrogen (secondary N) is 1. The van der Waals surface area contributed by atoms with Crippen LogP contribution in [0.25, 0.3) is 0 Å². The third kappa shape index (κ3) is 6.58. The van der Waals surface area contributed by atoms with Crippen molar-refractivity contribution >= 4 is 27.3 Å². The first kappa shape index (κ1) is 15.2. The number of rotatable bonds is 9. The second-order valence-corrected chi connectivity index (χ2v) is 6.45.